The second-order valence-corrected chi connectivity index (χ2v) is 5.13. The Morgan fingerprint density at radius 2 is 1.83 bits per heavy atom. The van der Waals surface area contributed by atoms with Crippen molar-refractivity contribution in [1.29, 1.82) is 0 Å². The molecule has 100 valence electrons. The number of hydrogen-bond acceptors (Lipinski definition) is 4. The van der Waals surface area contributed by atoms with Gasteiger partial charge >= 0.3 is 0 Å². The van der Waals surface area contributed by atoms with E-state index in [0.29, 0.717) is 6.54 Å². The number of primary amides is 1. The van der Waals surface area contributed by atoms with Crippen LogP contribution in [-0.2, 0) is 4.79 Å². The van der Waals surface area contributed by atoms with Crippen LogP contribution in [0.15, 0.2) is 18.2 Å². The van der Waals surface area contributed by atoms with E-state index in [9.17, 15) is 15.0 Å². The lowest BCUT2D eigenvalue weighted by Crippen LogP contribution is -2.41. The summed E-state index contributed by atoms with van der Waals surface area (Å²) in [5.41, 5.74) is 5.38. The average molecular weight is 252 g/mol. The standard InChI is InChI=1S/C13H20N2O3/c1-8(15-7-13(2,3)12(14)18)9-4-10(16)6-11(17)5-9/h4-6,8,15-17H,7H2,1-3H3,(H2,14,18). The maximum atomic E-state index is 11.2. The van der Waals surface area contributed by atoms with Crippen LogP contribution in [0.4, 0.5) is 0 Å². The summed E-state index contributed by atoms with van der Waals surface area (Å²) in [4.78, 5) is 11.2. The molecule has 0 saturated heterocycles. The topological polar surface area (TPSA) is 95.6 Å². The smallest absolute Gasteiger partial charge is 0.224 e. The van der Waals surface area contributed by atoms with Crippen molar-refractivity contribution in [3.8, 4) is 11.5 Å². The van der Waals surface area contributed by atoms with Crippen molar-refractivity contribution < 1.29 is 15.0 Å². The van der Waals surface area contributed by atoms with Gasteiger partial charge in [-0.1, -0.05) is 0 Å². The first-order chi connectivity index (χ1) is 8.22. The Balaban J connectivity index is 2.71. The molecule has 0 aliphatic heterocycles. The van der Waals surface area contributed by atoms with Crippen LogP contribution in [0.2, 0.25) is 0 Å². The lowest BCUT2D eigenvalue weighted by atomic mass is 9.92. The van der Waals surface area contributed by atoms with Gasteiger partial charge in [0.05, 0.1) is 5.41 Å². The first kappa shape index (κ1) is 14.3. The molecule has 1 amide bonds. The molecule has 0 heterocycles. The second-order valence-electron chi connectivity index (χ2n) is 5.13. The molecule has 1 aromatic rings. The summed E-state index contributed by atoms with van der Waals surface area (Å²) < 4.78 is 0. The number of carbonyl (C=O) groups excluding carboxylic acids is 1. The molecule has 0 aliphatic rings. The molecule has 5 nitrogen and oxygen atoms in total. The highest BCUT2D eigenvalue weighted by atomic mass is 16.3. The van der Waals surface area contributed by atoms with Gasteiger partial charge in [-0.25, -0.2) is 0 Å². The van der Waals surface area contributed by atoms with E-state index in [4.69, 9.17) is 5.73 Å². The van der Waals surface area contributed by atoms with Gasteiger partial charge in [0.1, 0.15) is 11.5 Å². The lowest BCUT2D eigenvalue weighted by Gasteiger charge is -2.24. The van der Waals surface area contributed by atoms with Crippen molar-refractivity contribution in [2.75, 3.05) is 6.54 Å². The zero-order valence-electron chi connectivity index (χ0n) is 10.9. The molecule has 0 bridgehead atoms. The molecule has 1 unspecified atom stereocenters. The maximum Gasteiger partial charge on any atom is 0.224 e. The Bertz CT molecular complexity index is 424. The fourth-order valence-electron chi connectivity index (χ4n) is 1.48. The van der Waals surface area contributed by atoms with E-state index in [1.807, 2.05) is 6.92 Å². The largest absolute Gasteiger partial charge is 0.508 e. The van der Waals surface area contributed by atoms with Gasteiger partial charge in [-0.05, 0) is 38.5 Å². The van der Waals surface area contributed by atoms with E-state index >= 15 is 0 Å². The molecular formula is C13H20N2O3. The molecule has 18 heavy (non-hydrogen) atoms. The van der Waals surface area contributed by atoms with E-state index in [-0.39, 0.29) is 23.4 Å². The van der Waals surface area contributed by atoms with Gasteiger partial charge in [-0.15, -0.1) is 0 Å². The van der Waals surface area contributed by atoms with Crippen molar-refractivity contribution in [2.45, 2.75) is 26.8 Å². The van der Waals surface area contributed by atoms with Gasteiger partial charge in [0.2, 0.25) is 5.91 Å². The van der Waals surface area contributed by atoms with Gasteiger partial charge in [0, 0.05) is 18.7 Å². The fourth-order valence-corrected chi connectivity index (χ4v) is 1.48. The summed E-state index contributed by atoms with van der Waals surface area (Å²) in [5, 5.41) is 21.9. The molecule has 0 radical (unpaired) electrons. The Morgan fingerprint density at radius 3 is 2.28 bits per heavy atom. The van der Waals surface area contributed by atoms with Gasteiger partial charge in [-0.3, -0.25) is 4.79 Å². The number of nitrogens with one attached hydrogen (secondary N) is 1. The van der Waals surface area contributed by atoms with Crippen LogP contribution in [0.1, 0.15) is 32.4 Å². The second kappa shape index (κ2) is 5.27. The van der Waals surface area contributed by atoms with Gasteiger partial charge in [0.15, 0.2) is 0 Å². The number of carbonyl (C=O) groups is 1. The molecule has 0 fully saturated rings. The van der Waals surface area contributed by atoms with E-state index in [1.165, 1.54) is 6.07 Å². The molecule has 1 aromatic carbocycles. The van der Waals surface area contributed by atoms with Crippen LogP contribution >= 0.6 is 0 Å². The van der Waals surface area contributed by atoms with Crippen molar-refractivity contribution in [3.05, 3.63) is 23.8 Å². The number of rotatable bonds is 5. The summed E-state index contributed by atoms with van der Waals surface area (Å²) in [6.45, 7) is 5.81. The summed E-state index contributed by atoms with van der Waals surface area (Å²) in [7, 11) is 0. The van der Waals surface area contributed by atoms with Crippen LogP contribution in [0.25, 0.3) is 0 Å². The first-order valence-electron chi connectivity index (χ1n) is 5.78. The van der Waals surface area contributed by atoms with Crippen LogP contribution in [0, 0.1) is 5.41 Å². The van der Waals surface area contributed by atoms with E-state index < -0.39 is 5.41 Å². The van der Waals surface area contributed by atoms with Crippen molar-refractivity contribution >= 4 is 5.91 Å². The summed E-state index contributed by atoms with van der Waals surface area (Å²) in [6, 6.07) is 4.29. The maximum absolute atomic E-state index is 11.2. The molecular weight excluding hydrogens is 232 g/mol. The normalized spacial score (nSPS) is 13.3. The van der Waals surface area contributed by atoms with Gasteiger partial charge in [0.25, 0.3) is 0 Å². The fraction of sp³-hybridized carbons (Fsp3) is 0.462. The minimum Gasteiger partial charge on any atom is -0.508 e. The molecule has 0 spiro atoms. The molecule has 0 aliphatic carbocycles. The van der Waals surface area contributed by atoms with Gasteiger partial charge < -0.3 is 21.3 Å². The van der Waals surface area contributed by atoms with Crippen LogP contribution in [0.3, 0.4) is 0 Å². The van der Waals surface area contributed by atoms with Crippen LogP contribution in [-0.4, -0.2) is 22.7 Å². The minimum absolute atomic E-state index is 0.00723. The van der Waals surface area contributed by atoms with Crippen LogP contribution < -0.4 is 11.1 Å². The first-order valence-corrected chi connectivity index (χ1v) is 5.78. The van der Waals surface area contributed by atoms with Crippen molar-refractivity contribution in [3.63, 3.8) is 0 Å². The number of phenols is 2. The highest BCUT2D eigenvalue weighted by Gasteiger charge is 2.25. The number of nitrogens with two attached hydrogens (primary N) is 1. The number of amides is 1. The predicted octanol–water partition coefficient (Wildman–Crippen LogP) is 1.26. The third kappa shape index (κ3) is 3.63. The predicted molar refractivity (Wildman–Crippen MR) is 69.2 cm³/mol. The molecule has 0 aromatic heterocycles. The van der Waals surface area contributed by atoms with Crippen molar-refractivity contribution in [2.24, 2.45) is 11.1 Å². The molecule has 0 saturated carbocycles. The zero-order chi connectivity index (χ0) is 13.9. The lowest BCUT2D eigenvalue weighted by molar-refractivity contribution is -0.125. The summed E-state index contributed by atoms with van der Waals surface area (Å²) in [5.74, 6) is -0.360. The highest BCUT2D eigenvalue weighted by molar-refractivity contribution is 5.80. The molecule has 5 N–H and O–H groups in total. The third-order valence-electron chi connectivity index (χ3n) is 2.94. The number of benzene rings is 1. The van der Waals surface area contributed by atoms with Crippen LogP contribution in [0.5, 0.6) is 11.5 Å². The third-order valence-corrected chi connectivity index (χ3v) is 2.94. The highest BCUT2D eigenvalue weighted by Crippen LogP contribution is 2.25. The summed E-state index contributed by atoms with van der Waals surface area (Å²) in [6.07, 6.45) is 0. The van der Waals surface area contributed by atoms with E-state index in [0.717, 1.165) is 5.56 Å². The van der Waals surface area contributed by atoms with Crippen molar-refractivity contribution in [1.82, 2.24) is 5.32 Å². The number of hydrogen-bond donors (Lipinski definition) is 4. The Kier molecular flexibility index (Phi) is 4.19. The van der Waals surface area contributed by atoms with Gasteiger partial charge in [-0.2, -0.15) is 0 Å². The number of aromatic hydroxyl groups is 2. The quantitative estimate of drug-likeness (QED) is 0.634. The molecule has 1 rings (SSSR count). The Hall–Kier alpha value is -1.75. The minimum atomic E-state index is -0.646. The molecule has 1 atom stereocenters. The zero-order valence-corrected chi connectivity index (χ0v) is 10.9. The SMILES string of the molecule is CC(NCC(C)(C)C(N)=O)c1cc(O)cc(O)c1. The Morgan fingerprint density at radius 1 is 1.33 bits per heavy atom. The number of phenolic OH excluding ortho intramolecular Hbond substituents is 2. The average Bonchev–Trinajstić information content (AvgIpc) is 2.24. The summed E-state index contributed by atoms with van der Waals surface area (Å²) >= 11 is 0. The monoisotopic (exact) mass is 252 g/mol. The molecule has 5 heteroatoms. The Labute approximate surface area is 107 Å². The van der Waals surface area contributed by atoms with E-state index in [2.05, 4.69) is 5.32 Å². The van der Waals surface area contributed by atoms with E-state index in [1.54, 1.807) is 26.0 Å².